The number of hydrogen-bond donors (Lipinski definition) is 2. The van der Waals surface area contributed by atoms with E-state index in [1.807, 2.05) is 0 Å². The van der Waals surface area contributed by atoms with Crippen molar-refractivity contribution < 1.29 is 4.74 Å². The predicted octanol–water partition coefficient (Wildman–Crippen LogP) is 3.84. The van der Waals surface area contributed by atoms with Gasteiger partial charge in [-0.15, -0.1) is 24.0 Å². The topological polar surface area (TPSA) is 48.9 Å². The van der Waals surface area contributed by atoms with Crippen LogP contribution in [0.25, 0.3) is 0 Å². The van der Waals surface area contributed by atoms with Crippen molar-refractivity contribution in [1.82, 2.24) is 15.5 Å². The quantitative estimate of drug-likeness (QED) is 0.350. The summed E-state index contributed by atoms with van der Waals surface area (Å²) < 4.78 is 5.82. The van der Waals surface area contributed by atoms with Gasteiger partial charge in [0.2, 0.25) is 0 Å². The number of nitrogens with one attached hydrogen (secondary N) is 2. The van der Waals surface area contributed by atoms with Crippen LogP contribution in [-0.2, 0) is 24.4 Å². The molecular formula is C21H31IN4OS. The summed E-state index contributed by atoms with van der Waals surface area (Å²) in [6.07, 6.45) is 0.621. The molecule has 5 nitrogen and oxygen atoms in total. The van der Waals surface area contributed by atoms with Crippen LogP contribution < -0.4 is 10.6 Å². The Labute approximate surface area is 189 Å². The number of benzene rings is 1. The van der Waals surface area contributed by atoms with E-state index in [-0.39, 0.29) is 24.0 Å². The minimum atomic E-state index is 0. The molecule has 0 radical (unpaired) electrons. The molecule has 1 aliphatic rings. The number of morpholine rings is 1. The van der Waals surface area contributed by atoms with Gasteiger partial charge in [-0.3, -0.25) is 9.89 Å². The van der Waals surface area contributed by atoms with Crippen molar-refractivity contribution in [2.45, 2.75) is 45.7 Å². The molecule has 154 valence electrons. The van der Waals surface area contributed by atoms with Crippen LogP contribution in [0, 0.1) is 0 Å². The van der Waals surface area contributed by atoms with Gasteiger partial charge in [-0.1, -0.05) is 24.3 Å². The van der Waals surface area contributed by atoms with Gasteiger partial charge in [-0.2, -0.15) is 11.3 Å². The summed E-state index contributed by atoms with van der Waals surface area (Å²) >= 11 is 1.71. The van der Waals surface area contributed by atoms with Crippen molar-refractivity contribution in [3.8, 4) is 0 Å². The zero-order valence-corrected chi connectivity index (χ0v) is 20.0. The maximum atomic E-state index is 5.82. The summed E-state index contributed by atoms with van der Waals surface area (Å²) in [5.41, 5.74) is 3.88. The van der Waals surface area contributed by atoms with Crippen LogP contribution >= 0.6 is 35.3 Å². The van der Waals surface area contributed by atoms with E-state index in [4.69, 9.17) is 4.74 Å². The molecule has 1 aliphatic heterocycles. The number of ether oxygens (including phenoxy) is 1. The smallest absolute Gasteiger partial charge is 0.191 e. The first-order valence-electron chi connectivity index (χ1n) is 9.53. The van der Waals surface area contributed by atoms with Gasteiger partial charge in [0.05, 0.1) is 12.2 Å². The summed E-state index contributed by atoms with van der Waals surface area (Å²) in [5.74, 6) is 0.821. The number of rotatable bonds is 6. The van der Waals surface area contributed by atoms with E-state index in [1.165, 1.54) is 16.7 Å². The number of hydrogen-bond acceptors (Lipinski definition) is 4. The zero-order valence-electron chi connectivity index (χ0n) is 16.9. The Bertz CT molecular complexity index is 711. The lowest BCUT2D eigenvalue weighted by atomic mass is 10.1. The van der Waals surface area contributed by atoms with E-state index in [1.54, 1.807) is 18.4 Å². The second-order valence-electron chi connectivity index (χ2n) is 7.18. The fraction of sp³-hybridized carbons (Fsp3) is 0.476. The molecule has 2 atom stereocenters. The Morgan fingerprint density at radius 1 is 1.04 bits per heavy atom. The summed E-state index contributed by atoms with van der Waals surface area (Å²) in [4.78, 5) is 6.77. The molecule has 7 heteroatoms. The third-order valence-electron chi connectivity index (χ3n) is 4.65. The van der Waals surface area contributed by atoms with Gasteiger partial charge in [0.1, 0.15) is 0 Å². The predicted molar refractivity (Wildman–Crippen MR) is 129 cm³/mol. The van der Waals surface area contributed by atoms with Crippen molar-refractivity contribution in [3.63, 3.8) is 0 Å². The molecule has 1 saturated heterocycles. The zero-order chi connectivity index (χ0) is 19.1. The molecule has 0 aliphatic carbocycles. The summed E-state index contributed by atoms with van der Waals surface area (Å²) in [6.45, 7) is 8.83. The largest absolute Gasteiger partial charge is 0.373 e. The van der Waals surface area contributed by atoms with Crippen molar-refractivity contribution in [1.29, 1.82) is 0 Å². The molecule has 1 aromatic heterocycles. The van der Waals surface area contributed by atoms with E-state index < -0.39 is 0 Å². The van der Waals surface area contributed by atoms with Crippen molar-refractivity contribution >= 4 is 41.3 Å². The maximum Gasteiger partial charge on any atom is 0.191 e. The van der Waals surface area contributed by atoms with Crippen LogP contribution in [0.15, 0.2) is 46.1 Å². The van der Waals surface area contributed by atoms with Crippen molar-refractivity contribution in [2.24, 2.45) is 4.99 Å². The molecule has 2 N–H and O–H groups in total. The number of halogens is 1. The van der Waals surface area contributed by atoms with Crippen LogP contribution in [0.5, 0.6) is 0 Å². The SMILES string of the molecule is CN=C(NCc1ccc(CN2CC(C)OC(C)C2)cc1)NCc1ccsc1.I. The number of thiophene rings is 1. The second kappa shape index (κ2) is 11.7. The van der Waals surface area contributed by atoms with Gasteiger partial charge in [0, 0.05) is 39.8 Å². The average Bonchev–Trinajstić information content (AvgIpc) is 3.16. The molecule has 2 heterocycles. The Morgan fingerprint density at radius 2 is 1.64 bits per heavy atom. The lowest BCUT2D eigenvalue weighted by Crippen LogP contribution is -2.44. The molecule has 1 fully saturated rings. The highest BCUT2D eigenvalue weighted by atomic mass is 127. The molecule has 3 rings (SSSR count). The van der Waals surface area contributed by atoms with Crippen molar-refractivity contribution in [3.05, 3.63) is 57.8 Å². The van der Waals surface area contributed by atoms with Gasteiger partial charge >= 0.3 is 0 Å². The van der Waals surface area contributed by atoms with Crippen LogP contribution in [0.1, 0.15) is 30.5 Å². The number of nitrogens with zero attached hydrogens (tertiary/aromatic N) is 2. The molecule has 1 aromatic carbocycles. The molecule has 0 amide bonds. The molecule has 28 heavy (non-hydrogen) atoms. The maximum absolute atomic E-state index is 5.82. The third kappa shape index (κ3) is 7.35. The molecule has 0 saturated carbocycles. The Morgan fingerprint density at radius 3 is 2.21 bits per heavy atom. The van der Waals surface area contributed by atoms with Gasteiger partial charge < -0.3 is 15.4 Å². The third-order valence-corrected chi connectivity index (χ3v) is 5.38. The Hall–Kier alpha value is -1.16. The van der Waals surface area contributed by atoms with Gasteiger partial charge in [0.25, 0.3) is 0 Å². The Balaban J connectivity index is 0.00000280. The van der Waals surface area contributed by atoms with E-state index in [0.717, 1.165) is 38.7 Å². The number of aliphatic imine (C=N–C) groups is 1. The fourth-order valence-corrected chi connectivity index (χ4v) is 4.09. The van der Waals surface area contributed by atoms with Gasteiger partial charge in [0.15, 0.2) is 5.96 Å². The van der Waals surface area contributed by atoms with Crippen molar-refractivity contribution in [2.75, 3.05) is 20.1 Å². The second-order valence-corrected chi connectivity index (χ2v) is 7.96. The monoisotopic (exact) mass is 514 g/mol. The molecule has 2 unspecified atom stereocenters. The molecular weight excluding hydrogens is 483 g/mol. The summed E-state index contributed by atoms with van der Waals surface area (Å²) in [6, 6.07) is 11.0. The fourth-order valence-electron chi connectivity index (χ4n) is 3.42. The van der Waals surface area contributed by atoms with Gasteiger partial charge in [-0.25, -0.2) is 0 Å². The van der Waals surface area contributed by atoms with Crippen LogP contribution in [-0.4, -0.2) is 43.2 Å². The minimum absolute atomic E-state index is 0. The van der Waals surface area contributed by atoms with E-state index in [9.17, 15) is 0 Å². The molecule has 0 spiro atoms. The lowest BCUT2D eigenvalue weighted by Gasteiger charge is -2.35. The van der Waals surface area contributed by atoms with E-state index in [2.05, 4.69) is 75.5 Å². The standard InChI is InChI=1S/C21H30N4OS.HI/c1-16-12-25(13-17(2)26-16)14-19-6-4-18(5-7-19)10-23-21(22-3)24-11-20-8-9-27-15-20;/h4-9,15-17H,10-14H2,1-3H3,(H2,22,23,24);1H. The highest BCUT2D eigenvalue weighted by Gasteiger charge is 2.21. The summed E-state index contributed by atoms with van der Waals surface area (Å²) in [5, 5.41) is 11.0. The first kappa shape index (κ1) is 23.1. The molecule has 0 bridgehead atoms. The Kier molecular flexibility index (Phi) is 9.70. The van der Waals surface area contributed by atoms with Gasteiger partial charge in [-0.05, 0) is 47.4 Å². The normalized spacial score (nSPS) is 20.5. The first-order chi connectivity index (χ1) is 13.1. The lowest BCUT2D eigenvalue weighted by molar-refractivity contribution is -0.0704. The highest BCUT2D eigenvalue weighted by Crippen LogP contribution is 2.14. The van der Waals surface area contributed by atoms with Crippen LogP contribution in [0.4, 0.5) is 0 Å². The minimum Gasteiger partial charge on any atom is -0.373 e. The van der Waals surface area contributed by atoms with E-state index >= 15 is 0 Å². The van der Waals surface area contributed by atoms with Crippen LogP contribution in [0.3, 0.4) is 0 Å². The van der Waals surface area contributed by atoms with Crippen LogP contribution in [0.2, 0.25) is 0 Å². The summed E-state index contributed by atoms with van der Waals surface area (Å²) in [7, 11) is 1.80. The number of guanidine groups is 1. The molecule has 2 aromatic rings. The average molecular weight is 514 g/mol. The highest BCUT2D eigenvalue weighted by molar-refractivity contribution is 14.0. The van der Waals surface area contributed by atoms with E-state index in [0.29, 0.717) is 12.2 Å². The first-order valence-corrected chi connectivity index (χ1v) is 10.5.